The van der Waals surface area contributed by atoms with Crippen LogP contribution in [0.4, 0.5) is 5.69 Å². The molecule has 0 spiro atoms. The van der Waals surface area contributed by atoms with Gasteiger partial charge in [-0.1, -0.05) is 12.7 Å². The molecule has 5 heteroatoms. The van der Waals surface area contributed by atoms with Gasteiger partial charge in [-0.25, -0.2) is 4.98 Å². The first-order valence-corrected chi connectivity index (χ1v) is 6.12. The van der Waals surface area contributed by atoms with Crippen molar-refractivity contribution in [1.82, 2.24) is 4.98 Å². The number of rotatable bonds is 7. The fourth-order valence-corrected chi connectivity index (χ4v) is 1.37. The lowest BCUT2D eigenvalue weighted by Crippen LogP contribution is -1.99. The normalized spacial score (nSPS) is 11.6. The van der Waals surface area contributed by atoms with Crippen LogP contribution < -0.4 is 10.5 Å². The molecule has 5 nitrogen and oxygen atoms in total. The molecule has 0 bridgehead atoms. The van der Waals surface area contributed by atoms with Gasteiger partial charge in [0.1, 0.15) is 11.5 Å². The highest BCUT2D eigenvalue weighted by atomic mass is 16.5. The van der Waals surface area contributed by atoms with Crippen LogP contribution in [0.15, 0.2) is 54.7 Å². The molecule has 1 rings (SSSR count). The molecule has 1 aromatic heterocycles. The number of ether oxygens (including phenoxy) is 2. The monoisotopic (exact) mass is 271 g/mol. The quantitative estimate of drug-likeness (QED) is 0.609. The van der Waals surface area contributed by atoms with E-state index in [2.05, 4.69) is 11.6 Å². The molecular weight excluding hydrogens is 254 g/mol. The SMILES string of the molecule is C=C/C=C(\C=C(/CC#N)OCC)Oc1ccc(N)cn1. The van der Waals surface area contributed by atoms with E-state index in [9.17, 15) is 0 Å². The number of hydrogen-bond acceptors (Lipinski definition) is 5. The number of aromatic nitrogens is 1. The molecule has 0 fully saturated rings. The Balaban J connectivity index is 2.91. The topological polar surface area (TPSA) is 81.2 Å². The van der Waals surface area contributed by atoms with Crippen molar-refractivity contribution in [1.29, 1.82) is 5.26 Å². The smallest absolute Gasteiger partial charge is 0.219 e. The summed E-state index contributed by atoms with van der Waals surface area (Å²) < 4.78 is 10.9. The van der Waals surface area contributed by atoms with Crippen LogP contribution in [0.25, 0.3) is 0 Å². The number of nitriles is 1. The van der Waals surface area contributed by atoms with Crippen molar-refractivity contribution in [2.75, 3.05) is 12.3 Å². The van der Waals surface area contributed by atoms with E-state index in [4.69, 9.17) is 20.5 Å². The lowest BCUT2D eigenvalue weighted by Gasteiger charge is -2.08. The first kappa shape index (κ1) is 15.3. The van der Waals surface area contributed by atoms with Crippen molar-refractivity contribution in [2.45, 2.75) is 13.3 Å². The van der Waals surface area contributed by atoms with E-state index in [1.54, 1.807) is 30.4 Å². The zero-order valence-electron chi connectivity index (χ0n) is 11.4. The summed E-state index contributed by atoms with van der Waals surface area (Å²) in [6.45, 7) is 5.96. The Bertz CT molecular complexity index is 539. The minimum Gasteiger partial charge on any atom is -0.497 e. The Kier molecular flexibility index (Phi) is 6.42. The van der Waals surface area contributed by atoms with Crippen LogP contribution >= 0.6 is 0 Å². The molecule has 1 aromatic rings. The van der Waals surface area contributed by atoms with Gasteiger partial charge in [0.15, 0.2) is 0 Å². The van der Waals surface area contributed by atoms with Gasteiger partial charge in [0.2, 0.25) is 5.88 Å². The zero-order chi connectivity index (χ0) is 14.8. The van der Waals surface area contributed by atoms with Crippen molar-refractivity contribution in [3.63, 3.8) is 0 Å². The molecule has 0 amide bonds. The van der Waals surface area contributed by atoms with Gasteiger partial charge in [0.05, 0.1) is 31.0 Å². The fraction of sp³-hybridized carbons (Fsp3) is 0.200. The molecule has 0 aromatic carbocycles. The lowest BCUT2D eigenvalue weighted by atomic mass is 10.3. The molecule has 0 saturated carbocycles. The van der Waals surface area contributed by atoms with E-state index < -0.39 is 0 Å². The predicted octanol–water partition coefficient (Wildman–Crippen LogP) is 2.95. The molecule has 0 aliphatic carbocycles. The zero-order valence-corrected chi connectivity index (χ0v) is 11.4. The molecule has 104 valence electrons. The van der Waals surface area contributed by atoms with Gasteiger partial charge in [-0.15, -0.1) is 0 Å². The molecule has 0 aliphatic heterocycles. The standard InChI is InChI=1S/C15H17N3O2/c1-3-5-14(10-13(8-9-16)19-4-2)20-15-7-6-12(17)11-18-15/h3,5-7,10-11H,1,4,8,17H2,2H3/b13-10+,14-5+. The predicted molar refractivity (Wildman–Crippen MR) is 77.5 cm³/mol. The highest BCUT2D eigenvalue weighted by Gasteiger charge is 2.03. The third-order valence-electron chi connectivity index (χ3n) is 2.15. The van der Waals surface area contributed by atoms with Gasteiger partial charge in [-0.3, -0.25) is 0 Å². The van der Waals surface area contributed by atoms with Crippen molar-refractivity contribution < 1.29 is 9.47 Å². The van der Waals surface area contributed by atoms with Gasteiger partial charge >= 0.3 is 0 Å². The van der Waals surface area contributed by atoms with Crippen LogP contribution in [0.2, 0.25) is 0 Å². The van der Waals surface area contributed by atoms with Crippen molar-refractivity contribution in [3.8, 4) is 11.9 Å². The number of anilines is 1. The number of pyridine rings is 1. The minimum atomic E-state index is 0.168. The second-order valence-corrected chi connectivity index (χ2v) is 3.72. The van der Waals surface area contributed by atoms with Crippen molar-refractivity contribution in [2.24, 2.45) is 0 Å². The summed E-state index contributed by atoms with van der Waals surface area (Å²) in [6.07, 6.45) is 6.56. The minimum absolute atomic E-state index is 0.168. The van der Waals surface area contributed by atoms with E-state index in [0.29, 0.717) is 29.7 Å². The third kappa shape index (κ3) is 5.27. The first-order chi connectivity index (χ1) is 9.69. The lowest BCUT2D eigenvalue weighted by molar-refractivity contribution is 0.223. The molecule has 1 heterocycles. The maximum absolute atomic E-state index is 8.75. The number of nitrogen functional groups attached to an aromatic ring is 1. The second kappa shape index (κ2) is 8.38. The van der Waals surface area contributed by atoms with E-state index >= 15 is 0 Å². The van der Waals surface area contributed by atoms with E-state index in [1.165, 1.54) is 6.20 Å². The van der Waals surface area contributed by atoms with Gasteiger partial charge in [-0.05, 0) is 19.1 Å². The number of nitrogens with zero attached hydrogens (tertiary/aromatic N) is 2. The average Bonchev–Trinajstić information content (AvgIpc) is 2.42. The number of allylic oxidation sites excluding steroid dienone is 4. The first-order valence-electron chi connectivity index (χ1n) is 6.12. The second-order valence-electron chi connectivity index (χ2n) is 3.72. The van der Waals surface area contributed by atoms with Gasteiger partial charge in [0, 0.05) is 12.1 Å². The summed E-state index contributed by atoms with van der Waals surface area (Å²) >= 11 is 0. The highest BCUT2D eigenvalue weighted by Crippen LogP contribution is 2.15. The Labute approximate surface area is 118 Å². The van der Waals surface area contributed by atoms with Crippen molar-refractivity contribution >= 4 is 5.69 Å². The molecule has 2 N–H and O–H groups in total. The van der Waals surface area contributed by atoms with Gasteiger partial charge in [-0.2, -0.15) is 5.26 Å². The van der Waals surface area contributed by atoms with Crippen molar-refractivity contribution in [3.05, 3.63) is 54.7 Å². The number of hydrogen-bond donors (Lipinski definition) is 1. The van der Waals surface area contributed by atoms with Crippen LogP contribution in [-0.4, -0.2) is 11.6 Å². The maximum Gasteiger partial charge on any atom is 0.219 e. The van der Waals surface area contributed by atoms with Crippen LogP contribution in [0, 0.1) is 11.3 Å². The summed E-state index contributed by atoms with van der Waals surface area (Å²) in [5, 5.41) is 8.75. The van der Waals surface area contributed by atoms with Crippen LogP contribution in [0.3, 0.4) is 0 Å². The molecule has 0 saturated heterocycles. The summed E-state index contributed by atoms with van der Waals surface area (Å²) in [5.74, 6) is 1.41. The highest BCUT2D eigenvalue weighted by molar-refractivity contribution is 5.37. The van der Waals surface area contributed by atoms with Crippen LogP contribution in [-0.2, 0) is 4.74 Å². The van der Waals surface area contributed by atoms with Gasteiger partial charge < -0.3 is 15.2 Å². The summed E-state index contributed by atoms with van der Waals surface area (Å²) in [5.41, 5.74) is 6.12. The summed E-state index contributed by atoms with van der Waals surface area (Å²) in [6, 6.07) is 5.39. The van der Waals surface area contributed by atoms with E-state index in [0.717, 1.165) is 0 Å². The Morgan fingerprint density at radius 1 is 1.55 bits per heavy atom. The fourth-order valence-electron chi connectivity index (χ4n) is 1.37. The molecule has 0 unspecified atom stereocenters. The third-order valence-corrected chi connectivity index (χ3v) is 2.15. The largest absolute Gasteiger partial charge is 0.497 e. The molecular formula is C15H17N3O2. The maximum atomic E-state index is 8.75. The average molecular weight is 271 g/mol. The Hall–Kier alpha value is -2.74. The Morgan fingerprint density at radius 2 is 2.35 bits per heavy atom. The molecule has 0 aliphatic rings. The molecule has 0 atom stereocenters. The van der Waals surface area contributed by atoms with Gasteiger partial charge in [0.25, 0.3) is 0 Å². The van der Waals surface area contributed by atoms with Crippen LogP contribution in [0.5, 0.6) is 5.88 Å². The summed E-state index contributed by atoms with van der Waals surface area (Å²) in [4.78, 5) is 4.04. The van der Waals surface area contributed by atoms with E-state index in [1.807, 2.05) is 13.0 Å². The molecule has 20 heavy (non-hydrogen) atoms. The number of nitrogens with two attached hydrogens (primary N) is 1. The molecule has 0 radical (unpaired) electrons. The Morgan fingerprint density at radius 3 is 2.90 bits per heavy atom. The summed E-state index contributed by atoms with van der Waals surface area (Å²) in [7, 11) is 0. The van der Waals surface area contributed by atoms with E-state index in [-0.39, 0.29) is 6.42 Å². The van der Waals surface area contributed by atoms with Crippen LogP contribution in [0.1, 0.15) is 13.3 Å².